The zero-order valence-electron chi connectivity index (χ0n) is 11.6. The summed E-state index contributed by atoms with van der Waals surface area (Å²) < 4.78 is 0. The smallest absolute Gasteiger partial charge is 0.227 e. The number of nitrogens with one attached hydrogen (secondary N) is 1. The molecule has 0 saturated carbocycles. The van der Waals surface area contributed by atoms with E-state index in [1.54, 1.807) is 11.8 Å². The minimum atomic E-state index is -0.904. The van der Waals surface area contributed by atoms with Gasteiger partial charge in [-0.25, -0.2) is 0 Å². The molecule has 0 bridgehead atoms. The zero-order chi connectivity index (χ0) is 13.9. The van der Waals surface area contributed by atoms with Gasteiger partial charge in [-0.3, -0.25) is 4.79 Å². The van der Waals surface area contributed by atoms with Crippen molar-refractivity contribution in [3.63, 3.8) is 0 Å². The van der Waals surface area contributed by atoms with Gasteiger partial charge in [0.25, 0.3) is 0 Å². The van der Waals surface area contributed by atoms with E-state index in [4.69, 9.17) is 0 Å². The lowest BCUT2D eigenvalue weighted by Gasteiger charge is -2.44. The van der Waals surface area contributed by atoms with Crippen LogP contribution in [0, 0.1) is 0 Å². The second-order valence-corrected chi connectivity index (χ2v) is 5.29. The molecule has 4 heteroatoms. The lowest BCUT2D eigenvalue weighted by Crippen LogP contribution is -2.61. The van der Waals surface area contributed by atoms with Crippen molar-refractivity contribution in [2.24, 2.45) is 0 Å². The van der Waals surface area contributed by atoms with E-state index in [1.807, 2.05) is 37.3 Å². The highest BCUT2D eigenvalue weighted by molar-refractivity contribution is 5.94. The molecule has 1 aliphatic rings. The second-order valence-electron chi connectivity index (χ2n) is 5.29. The van der Waals surface area contributed by atoms with Gasteiger partial charge in [-0.05, 0) is 32.0 Å². The summed E-state index contributed by atoms with van der Waals surface area (Å²) in [6.45, 7) is 4.98. The number of hydrogen-bond donors (Lipinski definition) is 2. The molecule has 0 aromatic heterocycles. The van der Waals surface area contributed by atoms with E-state index in [-0.39, 0.29) is 11.9 Å². The normalized spacial score (nSPS) is 27.0. The zero-order valence-corrected chi connectivity index (χ0v) is 11.6. The van der Waals surface area contributed by atoms with Crippen molar-refractivity contribution in [3.05, 3.63) is 30.3 Å². The van der Waals surface area contributed by atoms with Crippen molar-refractivity contribution < 1.29 is 9.90 Å². The van der Waals surface area contributed by atoms with E-state index in [0.29, 0.717) is 13.0 Å². The van der Waals surface area contributed by atoms with Crippen LogP contribution in [-0.2, 0) is 4.79 Å². The highest BCUT2D eigenvalue weighted by Gasteiger charge is 2.40. The fourth-order valence-electron chi connectivity index (χ4n) is 2.67. The SMILES string of the molecule is CCC(=O)N(c1ccccc1)[C@H]1CCNC[C@@]1(C)O. The van der Waals surface area contributed by atoms with Crippen molar-refractivity contribution in [2.75, 3.05) is 18.0 Å². The third kappa shape index (κ3) is 2.96. The van der Waals surface area contributed by atoms with Crippen LogP contribution in [0.1, 0.15) is 26.7 Å². The standard InChI is InChI=1S/C15H22N2O2/c1-3-14(18)17(12-7-5-4-6-8-12)13-9-10-16-11-15(13,2)19/h4-8,13,16,19H,3,9-11H2,1-2H3/t13-,15+/m0/s1. The topological polar surface area (TPSA) is 52.6 Å². The molecule has 0 radical (unpaired) electrons. The number of amides is 1. The molecule has 19 heavy (non-hydrogen) atoms. The average molecular weight is 262 g/mol. The maximum Gasteiger partial charge on any atom is 0.227 e. The summed E-state index contributed by atoms with van der Waals surface area (Å²) in [6.07, 6.45) is 1.20. The Balaban J connectivity index is 2.35. The molecule has 2 N–H and O–H groups in total. The molecule has 1 heterocycles. The Morgan fingerprint density at radius 2 is 2.16 bits per heavy atom. The number of carbonyl (C=O) groups is 1. The van der Waals surface area contributed by atoms with Crippen molar-refractivity contribution in [2.45, 2.75) is 38.3 Å². The number of aliphatic hydroxyl groups is 1. The van der Waals surface area contributed by atoms with Crippen LogP contribution in [0.3, 0.4) is 0 Å². The predicted molar refractivity (Wildman–Crippen MR) is 76.1 cm³/mol. The monoisotopic (exact) mass is 262 g/mol. The fourth-order valence-corrected chi connectivity index (χ4v) is 2.67. The van der Waals surface area contributed by atoms with Gasteiger partial charge < -0.3 is 15.3 Å². The molecule has 0 unspecified atom stereocenters. The summed E-state index contributed by atoms with van der Waals surface area (Å²) in [6, 6.07) is 9.43. The molecular weight excluding hydrogens is 240 g/mol. The number of β-amino-alcohol motifs (C(OH)–C–C–N with tert-alkyl or cyclic N) is 1. The number of carbonyl (C=O) groups excluding carboxylic acids is 1. The van der Waals surface area contributed by atoms with Gasteiger partial charge in [-0.2, -0.15) is 0 Å². The molecule has 104 valence electrons. The van der Waals surface area contributed by atoms with E-state index in [1.165, 1.54) is 0 Å². The summed E-state index contributed by atoms with van der Waals surface area (Å²) in [5, 5.41) is 13.7. The number of para-hydroxylation sites is 1. The molecular formula is C15H22N2O2. The van der Waals surface area contributed by atoms with Crippen LogP contribution in [0.25, 0.3) is 0 Å². The van der Waals surface area contributed by atoms with Crippen LogP contribution in [0.5, 0.6) is 0 Å². The quantitative estimate of drug-likeness (QED) is 0.869. The maximum absolute atomic E-state index is 12.3. The number of anilines is 1. The highest BCUT2D eigenvalue weighted by Crippen LogP contribution is 2.28. The van der Waals surface area contributed by atoms with Crippen molar-refractivity contribution >= 4 is 11.6 Å². The lowest BCUT2D eigenvalue weighted by atomic mass is 9.88. The number of hydrogen-bond acceptors (Lipinski definition) is 3. The van der Waals surface area contributed by atoms with Crippen LogP contribution in [0.4, 0.5) is 5.69 Å². The minimum absolute atomic E-state index is 0.0541. The Hall–Kier alpha value is -1.39. The van der Waals surface area contributed by atoms with Crippen LogP contribution in [0.2, 0.25) is 0 Å². The van der Waals surface area contributed by atoms with Gasteiger partial charge in [0.2, 0.25) is 5.91 Å². The molecule has 1 aliphatic heterocycles. The van der Waals surface area contributed by atoms with E-state index in [9.17, 15) is 9.90 Å². The van der Waals surface area contributed by atoms with E-state index in [0.717, 1.165) is 18.7 Å². The summed E-state index contributed by atoms with van der Waals surface area (Å²) in [5.41, 5.74) is -0.0413. The van der Waals surface area contributed by atoms with Gasteiger partial charge in [0.05, 0.1) is 11.6 Å². The molecule has 2 rings (SSSR count). The van der Waals surface area contributed by atoms with Crippen molar-refractivity contribution in [1.29, 1.82) is 0 Å². The van der Waals surface area contributed by atoms with Gasteiger partial charge in [0, 0.05) is 18.7 Å². The number of rotatable bonds is 3. The second kappa shape index (κ2) is 5.72. The Morgan fingerprint density at radius 3 is 2.74 bits per heavy atom. The van der Waals surface area contributed by atoms with Gasteiger partial charge >= 0.3 is 0 Å². The Kier molecular flexibility index (Phi) is 4.22. The fraction of sp³-hybridized carbons (Fsp3) is 0.533. The molecule has 0 aliphatic carbocycles. The minimum Gasteiger partial charge on any atom is -0.387 e. The third-order valence-corrected chi connectivity index (χ3v) is 3.71. The van der Waals surface area contributed by atoms with Crippen molar-refractivity contribution in [3.8, 4) is 0 Å². The van der Waals surface area contributed by atoms with E-state index in [2.05, 4.69) is 5.32 Å². The van der Waals surface area contributed by atoms with Crippen LogP contribution >= 0.6 is 0 Å². The Labute approximate surface area is 114 Å². The molecule has 1 fully saturated rings. The number of nitrogens with zero attached hydrogens (tertiary/aromatic N) is 1. The largest absolute Gasteiger partial charge is 0.387 e. The molecule has 1 saturated heterocycles. The predicted octanol–water partition coefficient (Wildman–Crippen LogP) is 1.54. The maximum atomic E-state index is 12.3. The highest BCUT2D eigenvalue weighted by atomic mass is 16.3. The summed E-state index contributed by atoms with van der Waals surface area (Å²) in [5.74, 6) is 0.0541. The van der Waals surface area contributed by atoms with Crippen LogP contribution in [-0.4, -0.2) is 35.7 Å². The summed E-state index contributed by atoms with van der Waals surface area (Å²) in [7, 11) is 0. The molecule has 2 atom stereocenters. The van der Waals surface area contributed by atoms with Gasteiger partial charge in [-0.15, -0.1) is 0 Å². The molecule has 1 aromatic rings. The summed E-state index contributed by atoms with van der Waals surface area (Å²) >= 11 is 0. The molecule has 1 amide bonds. The number of piperidine rings is 1. The first kappa shape index (κ1) is 14.0. The first-order valence-corrected chi connectivity index (χ1v) is 6.86. The first-order valence-electron chi connectivity index (χ1n) is 6.86. The van der Waals surface area contributed by atoms with Crippen molar-refractivity contribution in [1.82, 2.24) is 5.32 Å². The lowest BCUT2D eigenvalue weighted by molar-refractivity contribution is -0.120. The third-order valence-electron chi connectivity index (χ3n) is 3.71. The molecule has 1 aromatic carbocycles. The molecule has 0 spiro atoms. The number of benzene rings is 1. The van der Waals surface area contributed by atoms with E-state index < -0.39 is 5.60 Å². The van der Waals surface area contributed by atoms with Crippen LogP contribution < -0.4 is 10.2 Å². The van der Waals surface area contributed by atoms with Gasteiger partial charge in [0.1, 0.15) is 0 Å². The Morgan fingerprint density at radius 1 is 1.47 bits per heavy atom. The average Bonchev–Trinajstić information content (AvgIpc) is 2.41. The van der Waals surface area contributed by atoms with Crippen LogP contribution in [0.15, 0.2) is 30.3 Å². The van der Waals surface area contributed by atoms with Gasteiger partial charge in [-0.1, -0.05) is 25.1 Å². The van der Waals surface area contributed by atoms with Gasteiger partial charge in [0.15, 0.2) is 0 Å². The Bertz CT molecular complexity index is 431. The van der Waals surface area contributed by atoms with E-state index >= 15 is 0 Å². The molecule has 4 nitrogen and oxygen atoms in total. The first-order chi connectivity index (χ1) is 9.06. The summed E-state index contributed by atoms with van der Waals surface area (Å²) in [4.78, 5) is 14.1.